The summed E-state index contributed by atoms with van der Waals surface area (Å²) in [5.41, 5.74) is -2.13. The predicted octanol–water partition coefficient (Wildman–Crippen LogP) is -6.14. The molecular weight excluding hydrogens is 374 g/mol. The third-order valence-electron chi connectivity index (χ3n) is 4.58. The molecule has 2 aliphatic rings. The van der Waals surface area contributed by atoms with Crippen LogP contribution in [-0.4, -0.2) is 126 Å². The average molecular weight is 401 g/mol. The lowest BCUT2D eigenvalue weighted by atomic mass is 9.93. The Hall–Kier alpha value is -0.520. The molecule has 0 bridgehead atoms. The lowest BCUT2D eigenvalue weighted by Crippen LogP contribution is -2.73. The van der Waals surface area contributed by atoms with Crippen LogP contribution in [0.4, 0.5) is 0 Å². The second-order valence-electron chi connectivity index (χ2n) is 6.61. The molecule has 160 valence electrons. The molecule has 13 nitrogen and oxygen atoms in total. The van der Waals surface area contributed by atoms with Crippen molar-refractivity contribution in [3.05, 3.63) is 0 Å². The van der Waals surface area contributed by atoms with E-state index in [2.05, 4.69) is 5.32 Å². The Balaban J connectivity index is 2.24. The van der Waals surface area contributed by atoms with Crippen molar-refractivity contribution in [2.45, 2.75) is 74.2 Å². The lowest BCUT2D eigenvalue weighted by Gasteiger charge is -2.50. The normalized spacial score (nSPS) is 49.8. The molecular formula is C14H27NO12. The molecule has 11 atom stereocenters. The van der Waals surface area contributed by atoms with Gasteiger partial charge >= 0.3 is 0 Å². The van der Waals surface area contributed by atoms with Crippen molar-refractivity contribution >= 4 is 0 Å². The van der Waals surface area contributed by atoms with E-state index in [-0.39, 0.29) is 0 Å². The van der Waals surface area contributed by atoms with Crippen LogP contribution in [0.1, 0.15) is 6.92 Å². The number of hydrogen-bond donors (Lipinski definition) is 10. The van der Waals surface area contributed by atoms with Crippen molar-refractivity contribution in [1.82, 2.24) is 5.32 Å². The first kappa shape index (κ1) is 22.8. The summed E-state index contributed by atoms with van der Waals surface area (Å²) < 4.78 is 15.6. The Morgan fingerprint density at radius 3 is 2.15 bits per heavy atom. The summed E-state index contributed by atoms with van der Waals surface area (Å²) >= 11 is 0. The van der Waals surface area contributed by atoms with E-state index >= 15 is 0 Å². The van der Waals surface area contributed by atoms with Gasteiger partial charge in [-0.15, -0.1) is 0 Å². The zero-order valence-electron chi connectivity index (χ0n) is 14.4. The molecule has 2 rings (SSSR count). The van der Waals surface area contributed by atoms with Crippen LogP contribution in [-0.2, 0) is 14.2 Å². The number of ether oxygens (including phenoxy) is 3. The van der Waals surface area contributed by atoms with Gasteiger partial charge in [-0.3, -0.25) is 5.32 Å². The van der Waals surface area contributed by atoms with Crippen LogP contribution in [0.3, 0.4) is 0 Å². The van der Waals surface area contributed by atoms with E-state index in [1.54, 1.807) is 0 Å². The number of hydrogen-bond acceptors (Lipinski definition) is 13. The van der Waals surface area contributed by atoms with Crippen LogP contribution >= 0.6 is 0 Å². The fourth-order valence-electron chi connectivity index (χ4n) is 3.12. The van der Waals surface area contributed by atoms with Gasteiger partial charge in [-0.25, -0.2) is 0 Å². The van der Waals surface area contributed by atoms with Crippen molar-refractivity contribution in [1.29, 1.82) is 0 Å². The molecule has 13 heteroatoms. The topological polar surface area (TPSA) is 222 Å². The molecule has 0 amide bonds. The highest BCUT2D eigenvalue weighted by atomic mass is 16.7. The van der Waals surface area contributed by atoms with Crippen LogP contribution in [0.25, 0.3) is 0 Å². The molecule has 0 radical (unpaired) electrons. The minimum absolute atomic E-state index is 0.740. The molecule has 0 saturated carbocycles. The third kappa shape index (κ3) is 4.40. The van der Waals surface area contributed by atoms with Crippen molar-refractivity contribution < 1.29 is 60.2 Å². The largest absolute Gasteiger partial charge is 0.394 e. The number of aliphatic hydroxyl groups is 9. The molecule has 0 aromatic rings. The van der Waals surface area contributed by atoms with Crippen LogP contribution in [0.2, 0.25) is 0 Å². The molecule has 1 unspecified atom stereocenters. The molecule has 27 heavy (non-hydrogen) atoms. The third-order valence-corrected chi connectivity index (χ3v) is 4.58. The molecule has 0 aromatic carbocycles. The van der Waals surface area contributed by atoms with Gasteiger partial charge in [0, 0.05) is 0 Å². The summed E-state index contributed by atoms with van der Waals surface area (Å²) in [6, 6.07) is 0. The Kier molecular flexibility index (Phi) is 7.48. The van der Waals surface area contributed by atoms with Gasteiger partial charge in [0.15, 0.2) is 18.3 Å². The van der Waals surface area contributed by atoms with E-state index < -0.39 is 80.5 Å². The van der Waals surface area contributed by atoms with E-state index in [1.807, 2.05) is 0 Å². The molecule has 0 aliphatic carbocycles. The van der Waals surface area contributed by atoms with Gasteiger partial charge in [-0.2, -0.15) is 0 Å². The van der Waals surface area contributed by atoms with Gasteiger partial charge in [0.2, 0.25) is 0 Å². The van der Waals surface area contributed by atoms with Gasteiger partial charge in [-0.1, -0.05) is 0 Å². The second-order valence-corrected chi connectivity index (χ2v) is 6.61. The smallest absolute Gasteiger partial charge is 0.189 e. The van der Waals surface area contributed by atoms with Crippen molar-refractivity contribution in [3.63, 3.8) is 0 Å². The van der Waals surface area contributed by atoms with Crippen LogP contribution in [0.5, 0.6) is 0 Å². The first-order chi connectivity index (χ1) is 12.6. The first-order valence-electron chi connectivity index (χ1n) is 8.32. The van der Waals surface area contributed by atoms with E-state index in [0.717, 1.165) is 0 Å². The summed E-state index contributed by atoms with van der Waals surface area (Å²) in [7, 11) is 0. The lowest BCUT2D eigenvalue weighted by molar-refractivity contribution is -0.382. The quantitative estimate of drug-likeness (QED) is 0.187. The first-order valence-corrected chi connectivity index (χ1v) is 8.32. The predicted molar refractivity (Wildman–Crippen MR) is 82.4 cm³/mol. The van der Waals surface area contributed by atoms with Gasteiger partial charge in [-0.05, 0) is 6.92 Å². The van der Waals surface area contributed by atoms with Gasteiger partial charge in [0.05, 0.1) is 13.2 Å². The van der Waals surface area contributed by atoms with Crippen molar-refractivity contribution in [3.8, 4) is 0 Å². The summed E-state index contributed by atoms with van der Waals surface area (Å²) in [4.78, 5) is 0. The second kappa shape index (κ2) is 8.87. The molecule has 0 spiro atoms. The Labute approximate surface area is 154 Å². The Bertz CT molecular complexity index is 481. The molecule has 2 saturated heterocycles. The monoisotopic (exact) mass is 401 g/mol. The summed E-state index contributed by atoms with van der Waals surface area (Å²) in [6.45, 7) is -0.438. The minimum atomic E-state index is -2.13. The van der Waals surface area contributed by atoms with E-state index in [0.29, 0.717) is 0 Å². The maximum Gasteiger partial charge on any atom is 0.189 e. The number of nitrogens with one attached hydrogen (secondary N) is 1. The van der Waals surface area contributed by atoms with Crippen LogP contribution in [0, 0.1) is 0 Å². The fourth-order valence-corrected chi connectivity index (χ4v) is 3.12. The number of rotatable bonds is 6. The van der Waals surface area contributed by atoms with E-state index in [1.165, 1.54) is 6.92 Å². The maximum atomic E-state index is 10.1. The zero-order valence-corrected chi connectivity index (χ0v) is 14.4. The summed E-state index contributed by atoms with van der Waals surface area (Å²) in [6.07, 6.45) is -16.9. The fraction of sp³-hybridized carbons (Fsp3) is 1.00. The molecule has 2 aliphatic heterocycles. The molecule has 10 N–H and O–H groups in total. The van der Waals surface area contributed by atoms with E-state index in [9.17, 15) is 46.0 Å². The number of aliphatic hydroxyl groups excluding tert-OH is 9. The van der Waals surface area contributed by atoms with Gasteiger partial charge < -0.3 is 60.2 Å². The SMILES string of the molecule is CC(O)N[C@]1(CO)O[C@H](O[C@H]2[C@H](O)[C@@H](O)[C@H](O)O[C@@H]2CO)[C@H](O)[C@@H](O)[C@H]1O. The molecule has 2 heterocycles. The van der Waals surface area contributed by atoms with Gasteiger partial charge in [0.25, 0.3) is 0 Å². The van der Waals surface area contributed by atoms with Crippen molar-refractivity contribution in [2.75, 3.05) is 13.2 Å². The van der Waals surface area contributed by atoms with Crippen LogP contribution < -0.4 is 5.32 Å². The van der Waals surface area contributed by atoms with Crippen LogP contribution in [0.15, 0.2) is 0 Å². The highest BCUT2D eigenvalue weighted by Crippen LogP contribution is 2.32. The van der Waals surface area contributed by atoms with E-state index in [4.69, 9.17) is 14.2 Å². The van der Waals surface area contributed by atoms with Crippen molar-refractivity contribution in [2.24, 2.45) is 0 Å². The highest BCUT2D eigenvalue weighted by molar-refractivity contribution is 5.00. The Morgan fingerprint density at radius 1 is 1.00 bits per heavy atom. The Morgan fingerprint density at radius 2 is 1.63 bits per heavy atom. The summed E-state index contributed by atoms with van der Waals surface area (Å²) in [5.74, 6) is 0. The van der Waals surface area contributed by atoms with Gasteiger partial charge in [0.1, 0.15) is 49.0 Å². The maximum absolute atomic E-state index is 10.1. The summed E-state index contributed by atoms with van der Waals surface area (Å²) in [5, 5.41) is 90.5. The molecule has 2 fully saturated rings. The molecule has 0 aromatic heterocycles. The standard InChI is InChI=1S/C14H27NO12/c1-4(18)15-14(3-17)11(23)7(20)9(22)13(27-14)26-10-5(2-16)25-12(24)8(21)6(10)19/h4-13,15-24H,2-3H2,1H3/t4?,5-,6-,7-,8-,9-,10-,11-,12-,13+,14-/m1/s1. The minimum Gasteiger partial charge on any atom is -0.394 e. The zero-order chi connectivity index (χ0) is 20.5. The average Bonchev–Trinajstić information content (AvgIpc) is 2.63. The highest BCUT2D eigenvalue weighted by Gasteiger charge is 2.56.